The topological polar surface area (TPSA) is 105 Å². The molecule has 0 unspecified atom stereocenters. The minimum atomic E-state index is -1.44. The number of rotatable bonds is 3. The van der Waals surface area contributed by atoms with Crippen molar-refractivity contribution in [2.24, 2.45) is 28.6 Å². The molecule has 0 bridgehead atoms. The molecule has 4 aliphatic carbocycles. The Hall–Kier alpha value is -2.38. The predicted molar refractivity (Wildman–Crippen MR) is 118 cm³/mol. The van der Waals surface area contributed by atoms with Gasteiger partial charge in [0.25, 0.3) is 0 Å². The Morgan fingerprint density at radius 3 is 2.24 bits per heavy atom. The van der Waals surface area contributed by atoms with Crippen LogP contribution in [0.5, 0.6) is 0 Å². The molecule has 0 amide bonds. The molecular weight excluding hydrogens is 440 g/mol. The third-order valence-electron chi connectivity index (χ3n) is 9.77. The molecule has 1 aliphatic heterocycles. The molecule has 5 aliphatic rings. The maximum atomic E-state index is 12.6. The highest BCUT2D eigenvalue weighted by Gasteiger charge is 2.77. The van der Waals surface area contributed by atoms with Gasteiger partial charge in [0.05, 0.1) is 0 Å². The van der Waals surface area contributed by atoms with Gasteiger partial charge in [-0.3, -0.25) is 14.4 Å². The summed E-state index contributed by atoms with van der Waals surface area (Å²) in [6, 6.07) is 0. The first-order valence-electron chi connectivity index (χ1n) is 12.3. The van der Waals surface area contributed by atoms with Gasteiger partial charge in [0, 0.05) is 37.8 Å². The fourth-order valence-electron chi connectivity index (χ4n) is 8.38. The van der Waals surface area contributed by atoms with Gasteiger partial charge in [0.1, 0.15) is 12.2 Å². The minimum Gasteiger partial charge on any atom is -0.458 e. The van der Waals surface area contributed by atoms with Gasteiger partial charge in [-0.1, -0.05) is 13.8 Å². The summed E-state index contributed by atoms with van der Waals surface area (Å²) in [7, 11) is 0. The molecule has 8 heteroatoms. The van der Waals surface area contributed by atoms with E-state index in [0.29, 0.717) is 29.9 Å². The zero-order chi connectivity index (χ0) is 24.8. The van der Waals surface area contributed by atoms with Crippen LogP contribution in [0, 0.1) is 28.6 Å². The molecule has 5 rings (SSSR count). The van der Waals surface area contributed by atoms with Crippen LogP contribution >= 0.6 is 0 Å². The number of hydrogen-bond donors (Lipinski definition) is 0. The van der Waals surface area contributed by atoms with E-state index in [1.807, 2.05) is 0 Å². The molecule has 0 aromatic rings. The molecule has 4 saturated carbocycles. The van der Waals surface area contributed by atoms with E-state index in [1.54, 1.807) is 6.92 Å². The van der Waals surface area contributed by atoms with Crippen molar-refractivity contribution in [1.29, 1.82) is 0 Å². The fourth-order valence-corrected chi connectivity index (χ4v) is 8.38. The Kier molecular flexibility index (Phi) is 5.02. The van der Waals surface area contributed by atoms with Gasteiger partial charge in [-0.25, -0.2) is 4.79 Å². The third-order valence-corrected chi connectivity index (χ3v) is 9.77. The van der Waals surface area contributed by atoms with Crippen LogP contribution in [-0.4, -0.2) is 47.8 Å². The van der Waals surface area contributed by atoms with Crippen molar-refractivity contribution >= 4 is 23.9 Å². The van der Waals surface area contributed by atoms with Crippen LogP contribution in [0.4, 0.5) is 0 Å². The molecule has 34 heavy (non-hydrogen) atoms. The summed E-state index contributed by atoms with van der Waals surface area (Å²) in [5.74, 6) is -1.52. The van der Waals surface area contributed by atoms with Gasteiger partial charge in [-0.15, -0.1) is 0 Å². The first-order valence-corrected chi connectivity index (χ1v) is 12.3. The van der Waals surface area contributed by atoms with Crippen LogP contribution in [0.2, 0.25) is 0 Å². The van der Waals surface area contributed by atoms with E-state index >= 15 is 0 Å². The molecule has 0 radical (unpaired) electrons. The SMILES string of the molecule is CC(=O)O[C@@H]1C[C@@H]2[C@@]3(C)C[C@H]3CC[C@@]2(C)[C@@H]2C[C@H]3OC(=O)C(C)=C3[C@H](OC(C)=O)[C@@]12OC(C)=O. The third kappa shape index (κ3) is 3.02. The van der Waals surface area contributed by atoms with Crippen LogP contribution in [0.1, 0.15) is 73.6 Å². The van der Waals surface area contributed by atoms with Crippen molar-refractivity contribution in [2.45, 2.75) is 97.6 Å². The second kappa shape index (κ2) is 7.31. The Balaban J connectivity index is 1.75. The normalized spacial score (nSPS) is 46.2. The van der Waals surface area contributed by atoms with E-state index in [9.17, 15) is 19.2 Å². The van der Waals surface area contributed by atoms with Crippen LogP contribution in [0.15, 0.2) is 11.1 Å². The van der Waals surface area contributed by atoms with Crippen molar-refractivity contribution in [3.63, 3.8) is 0 Å². The van der Waals surface area contributed by atoms with E-state index in [-0.39, 0.29) is 22.7 Å². The number of esters is 4. The van der Waals surface area contributed by atoms with Crippen molar-refractivity contribution in [3.05, 3.63) is 11.1 Å². The summed E-state index contributed by atoms with van der Waals surface area (Å²) in [6.07, 6.45) is 1.60. The van der Waals surface area contributed by atoms with E-state index in [1.165, 1.54) is 20.8 Å². The van der Waals surface area contributed by atoms with Crippen molar-refractivity contribution in [2.75, 3.05) is 0 Å². The molecule has 0 N–H and O–H groups in total. The lowest BCUT2D eigenvalue weighted by atomic mass is 9.44. The molecule has 0 saturated heterocycles. The smallest absolute Gasteiger partial charge is 0.334 e. The average Bonchev–Trinajstić information content (AvgIpc) is 3.32. The predicted octanol–water partition coefficient (Wildman–Crippen LogP) is 3.26. The zero-order valence-corrected chi connectivity index (χ0v) is 20.8. The lowest BCUT2D eigenvalue weighted by molar-refractivity contribution is -0.279. The number of carbonyl (C=O) groups is 4. The quantitative estimate of drug-likeness (QED) is 0.453. The van der Waals surface area contributed by atoms with Gasteiger partial charge < -0.3 is 18.9 Å². The van der Waals surface area contributed by atoms with Crippen molar-refractivity contribution < 1.29 is 38.1 Å². The number of carbonyl (C=O) groups excluding carboxylic acids is 4. The summed E-state index contributed by atoms with van der Waals surface area (Å²) in [4.78, 5) is 50.0. The summed E-state index contributed by atoms with van der Waals surface area (Å²) in [5, 5.41) is 0. The highest BCUT2D eigenvalue weighted by molar-refractivity contribution is 5.92. The molecular formula is C26H34O8. The Bertz CT molecular complexity index is 1010. The van der Waals surface area contributed by atoms with Crippen molar-refractivity contribution in [3.8, 4) is 0 Å². The highest BCUT2D eigenvalue weighted by atomic mass is 16.6. The van der Waals surface area contributed by atoms with E-state index in [4.69, 9.17) is 18.9 Å². The molecule has 0 spiro atoms. The van der Waals surface area contributed by atoms with Gasteiger partial charge >= 0.3 is 23.9 Å². The number of fused-ring (bicyclic) bond motifs is 6. The Morgan fingerprint density at radius 1 is 0.941 bits per heavy atom. The van der Waals surface area contributed by atoms with E-state index < -0.39 is 47.8 Å². The summed E-state index contributed by atoms with van der Waals surface area (Å²) < 4.78 is 23.8. The van der Waals surface area contributed by atoms with Crippen LogP contribution < -0.4 is 0 Å². The molecule has 9 atom stereocenters. The lowest BCUT2D eigenvalue weighted by Crippen LogP contribution is -2.73. The average molecular weight is 475 g/mol. The van der Waals surface area contributed by atoms with Crippen LogP contribution in [-0.2, 0) is 38.1 Å². The highest BCUT2D eigenvalue weighted by Crippen LogP contribution is 2.75. The first kappa shape index (κ1) is 23.4. The second-order valence-electron chi connectivity index (χ2n) is 11.5. The van der Waals surface area contributed by atoms with E-state index in [2.05, 4.69) is 13.8 Å². The summed E-state index contributed by atoms with van der Waals surface area (Å²) in [5.41, 5.74) is -0.715. The number of ether oxygens (including phenoxy) is 4. The van der Waals surface area contributed by atoms with Crippen LogP contribution in [0.25, 0.3) is 0 Å². The molecule has 186 valence electrons. The first-order chi connectivity index (χ1) is 15.8. The van der Waals surface area contributed by atoms with Gasteiger partial charge in [-0.2, -0.15) is 0 Å². The summed E-state index contributed by atoms with van der Waals surface area (Å²) >= 11 is 0. The maximum Gasteiger partial charge on any atom is 0.334 e. The van der Waals surface area contributed by atoms with Gasteiger partial charge in [0.15, 0.2) is 11.7 Å². The van der Waals surface area contributed by atoms with Gasteiger partial charge in [-0.05, 0) is 61.7 Å². The number of hydrogen-bond acceptors (Lipinski definition) is 8. The minimum absolute atomic E-state index is 0.128. The van der Waals surface area contributed by atoms with Gasteiger partial charge in [0.2, 0.25) is 0 Å². The molecule has 4 fully saturated rings. The van der Waals surface area contributed by atoms with Crippen LogP contribution in [0.3, 0.4) is 0 Å². The molecule has 1 heterocycles. The molecule has 0 aromatic carbocycles. The maximum absolute atomic E-state index is 12.6. The standard InChI is InChI=1S/C26H34O8/c1-12-21-17(33-23(12)30)9-19-24(5)8-7-16-11-25(16,6)18(24)10-20(31-13(2)27)26(19,34-15(4)29)22(21)32-14(3)28/h16-20,22H,7-11H2,1-6H3/t16-,17-,18+,19+,20-,22+,24-,25+,26+/m1/s1. The van der Waals surface area contributed by atoms with E-state index in [0.717, 1.165) is 19.3 Å². The fraction of sp³-hybridized carbons (Fsp3) is 0.769. The Morgan fingerprint density at radius 2 is 1.62 bits per heavy atom. The monoisotopic (exact) mass is 474 g/mol. The largest absolute Gasteiger partial charge is 0.458 e. The summed E-state index contributed by atoms with van der Waals surface area (Å²) in [6.45, 7) is 10.1. The lowest BCUT2D eigenvalue weighted by Gasteiger charge is -2.65. The second-order valence-corrected chi connectivity index (χ2v) is 11.5. The molecule has 0 aromatic heterocycles. The van der Waals surface area contributed by atoms with Crippen molar-refractivity contribution in [1.82, 2.24) is 0 Å². The molecule has 8 nitrogen and oxygen atoms in total. The zero-order valence-electron chi connectivity index (χ0n) is 20.8. The Labute approximate surface area is 199 Å².